The van der Waals surface area contributed by atoms with E-state index in [1.54, 1.807) is 0 Å². The lowest BCUT2D eigenvalue weighted by Gasteiger charge is -2.11. The molecule has 0 amide bonds. The molecule has 1 saturated heterocycles. The lowest BCUT2D eigenvalue weighted by atomic mass is 10.2. The van der Waals surface area contributed by atoms with E-state index in [4.69, 9.17) is 16.3 Å². The number of fused-ring (bicyclic) bond motifs is 1. The standard InChI is InChI=1S/C13H16ClN5O/c1-7-8(2)17-12-10(16-7)11(14)18-13(19-12)15-6-9-4-3-5-20-9/h9H,3-6H2,1-2H3,(H,15,17,18,19). The molecule has 0 aromatic carbocycles. The Balaban J connectivity index is 1.86. The zero-order valence-electron chi connectivity index (χ0n) is 11.5. The minimum absolute atomic E-state index is 0.221. The number of hydrogen-bond donors (Lipinski definition) is 1. The zero-order valence-corrected chi connectivity index (χ0v) is 12.2. The summed E-state index contributed by atoms with van der Waals surface area (Å²) >= 11 is 6.16. The molecule has 3 rings (SSSR count). The number of ether oxygens (including phenoxy) is 1. The van der Waals surface area contributed by atoms with Crippen LogP contribution in [0.15, 0.2) is 0 Å². The Bertz CT molecular complexity index is 642. The lowest BCUT2D eigenvalue weighted by Crippen LogP contribution is -2.19. The van der Waals surface area contributed by atoms with E-state index in [2.05, 4.69) is 25.3 Å². The molecule has 3 heterocycles. The summed E-state index contributed by atoms with van der Waals surface area (Å²) in [5.41, 5.74) is 2.74. The second-order valence-electron chi connectivity index (χ2n) is 4.92. The Morgan fingerprint density at radius 2 is 2.00 bits per heavy atom. The van der Waals surface area contributed by atoms with Gasteiger partial charge in [0.05, 0.1) is 17.5 Å². The minimum Gasteiger partial charge on any atom is -0.376 e. The molecule has 20 heavy (non-hydrogen) atoms. The van der Waals surface area contributed by atoms with Crippen molar-refractivity contribution in [3.8, 4) is 0 Å². The van der Waals surface area contributed by atoms with E-state index < -0.39 is 0 Å². The van der Waals surface area contributed by atoms with Gasteiger partial charge < -0.3 is 10.1 Å². The third-order valence-electron chi connectivity index (χ3n) is 3.41. The first-order valence-corrected chi connectivity index (χ1v) is 7.05. The minimum atomic E-state index is 0.221. The highest BCUT2D eigenvalue weighted by molar-refractivity contribution is 6.33. The average Bonchev–Trinajstić information content (AvgIpc) is 2.92. The van der Waals surface area contributed by atoms with Gasteiger partial charge in [0.15, 0.2) is 10.8 Å². The lowest BCUT2D eigenvalue weighted by molar-refractivity contribution is 0.120. The summed E-state index contributed by atoms with van der Waals surface area (Å²) < 4.78 is 5.55. The fraction of sp³-hybridized carbons (Fsp3) is 0.538. The van der Waals surface area contributed by atoms with Crippen LogP contribution in [0.2, 0.25) is 5.15 Å². The van der Waals surface area contributed by atoms with Crippen LogP contribution in [-0.2, 0) is 4.74 Å². The SMILES string of the molecule is Cc1nc2nc(NCC3CCCO3)nc(Cl)c2nc1C. The van der Waals surface area contributed by atoms with Gasteiger partial charge in [-0.15, -0.1) is 0 Å². The molecule has 106 valence electrons. The van der Waals surface area contributed by atoms with Crippen LogP contribution in [0.5, 0.6) is 0 Å². The third kappa shape index (κ3) is 2.66. The smallest absolute Gasteiger partial charge is 0.226 e. The van der Waals surface area contributed by atoms with Gasteiger partial charge in [0, 0.05) is 13.2 Å². The average molecular weight is 294 g/mol. The number of halogens is 1. The van der Waals surface area contributed by atoms with Crippen molar-refractivity contribution in [3.63, 3.8) is 0 Å². The van der Waals surface area contributed by atoms with E-state index in [0.29, 0.717) is 28.8 Å². The first-order chi connectivity index (χ1) is 9.63. The van der Waals surface area contributed by atoms with Gasteiger partial charge in [0.2, 0.25) is 5.95 Å². The monoisotopic (exact) mass is 293 g/mol. The second kappa shape index (κ2) is 5.46. The van der Waals surface area contributed by atoms with Crippen LogP contribution < -0.4 is 5.32 Å². The summed E-state index contributed by atoms with van der Waals surface area (Å²) in [5, 5.41) is 3.47. The highest BCUT2D eigenvalue weighted by Crippen LogP contribution is 2.20. The molecule has 6 nitrogen and oxygen atoms in total. The molecule has 1 aliphatic rings. The number of nitrogens with one attached hydrogen (secondary N) is 1. The maximum absolute atomic E-state index is 6.16. The predicted octanol–water partition coefficient (Wildman–Crippen LogP) is 2.28. The summed E-state index contributed by atoms with van der Waals surface area (Å²) in [6.45, 7) is 5.30. The van der Waals surface area contributed by atoms with E-state index >= 15 is 0 Å². The number of rotatable bonds is 3. The van der Waals surface area contributed by atoms with Crippen molar-refractivity contribution in [2.75, 3.05) is 18.5 Å². The maximum Gasteiger partial charge on any atom is 0.226 e. The van der Waals surface area contributed by atoms with Gasteiger partial charge in [-0.3, -0.25) is 0 Å². The van der Waals surface area contributed by atoms with E-state index in [1.807, 2.05) is 13.8 Å². The van der Waals surface area contributed by atoms with Crippen molar-refractivity contribution in [2.45, 2.75) is 32.8 Å². The predicted molar refractivity (Wildman–Crippen MR) is 77.1 cm³/mol. The molecule has 0 bridgehead atoms. The number of nitrogens with zero attached hydrogens (tertiary/aromatic N) is 4. The fourth-order valence-corrected chi connectivity index (χ4v) is 2.38. The van der Waals surface area contributed by atoms with Crippen LogP contribution in [0, 0.1) is 13.8 Å². The van der Waals surface area contributed by atoms with Crippen molar-refractivity contribution in [1.29, 1.82) is 0 Å². The van der Waals surface area contributed by atoms with Crippen molar-refractivity contribution in [2.24, 2.45) is 0 Å². The number of aryl methyl sites for hydroxylation is 2. The van der Waals surface area contributed by atoms with Crippen LogP contribution >= 0.6 is 11.6 Å². The Kier molecular flexibility index (Phi) is 3.67. The van der Waals surface area contributed by atoms with Crippen LogP contribution in [0.3, 0.4) is 0 Å². The molecule has 0 saturated carbocycles. The van der Waals surface area contributed by atoms with E-state index in [9.17, 15) is 0 Å². The maximum atomic E-state index is 6.16. The largest absolute Gasteiger partial charge is 0.376 e. The molecule has 0 aliphatic carbocycles. The van der Waals surface area contributed by atoms with Gasteiger partial charge >= 0.3 is 0 Å². The molecule has 7 heteroatoms. The molecule has 0 radical (unpaired) electrons. The number of aromatic nitrogens is 4. The summed E-state index contributed by atoms with van der Waals surface area (Å²) in [6, 6.07) is 0. The Labute approximate surface area is 122 Å². The molecule has 1 aliphatic heterocycles. The van der Waals surface area contributed by atoms with Crippen molar-refractivity contribution in [1.82, 2.24) is 19.9 Å². The number of hydrogen-bond acceptors (Lipinski definition) is 6. The third-order valence-corrected chi connectivity index (χ3v) is 3.68. The van der Waals surface area contributed by atoms with Gasteiger partial charge in [0.1, 0.15) is 5.52 Å². The number of anilines is 1. The topological polar surface area (TPSA) is 72.8 Å². The Morgan fingerprint density at radius 3 is 2.75 bits per heavy atom. The molecule has 2 aromatic rings. The van der Waals surface area contributed by atoms with Crippen LogP contribution in [0.25, 0.3) is 11.2 Å². The van der Waals surface area contributed by atoms with E-state index in [-0.39, 0.29) is 6.10 Å². The second-order valence-corrected chi connectivity index (χ2v) is 5.28. The fourth-order valence-electron chi connectivity index (χ4n) is 2.17. The van der Waals surface area contributed by atoms with Crippen LogP contribution in [-0.4, -0.2) is 39.2 Å². The Hall–Kier alpha value is -1.53. The quantitative estimate of drug-likeness (QED) is 0.875. The summed E-state index contributed by atoms with van der Waals surface area (Å²) in [6.07, 6.45) is 2.39. The summed E-state index contributed by atoms with van der Waals surface area (Å²) in [4.78, 5) is 17.4. The van der Waals surface area contributed by atoms with Gasteiger partial charge in [-0.2, -0.15) is 9.97 Å². The summed E-state index contributed by atoms with van der Waals surface area (Å²) in [5.74, 6) is 0.468. The zero-order chi connectivity index (χ0) is 14.1. The van der Waals surface area contributed by atoms with Gasteiger partial charge in [-0.1, -0.05) is 11.6 Å². The molecule has 1 unspecified atom stereocenters. The van der Waals surface area contributed by atoms with Crippen molar-refractivity contribution < 1.29 is 4.74 Å². The van der Waals surface area contributed by atoms with E-state index in [0.717, 1.165) is 30.8 Å². The van der Waals surface area contributed by atoms with Crippen molar-refractivity contribution >= 4 is 28.7 Å². The summed E-state index contributed by atoms with van der Waals surface area (Å²) in [7, 11) is 0. The van der Waals surface area contributed by atoms with Crippen LogP contribution in [0.4, 0.5) is 5.95 Å². The first kappa shape index (κ1) is 13.5. The van der Waals surface area contributed by atoms with Gasteiger partial charge in [0.25, 0.3) is 0 Å². The normalized spacial score (nSPS) is 18.6. The highest BCUT2D eigenvalue weighted by Gasteiger charge is 2.16. The molecule has 0 spiro atoms. The molecule has 1 atom stereocenters. The molecule has 1 N–H and O–H groups in total. The highest BCUT2D eigenvalue weighted by atomic mass is 35.5. The first-order valence-electron chi connectivity index (χ1n) is 6.67. The van der Waals surface area contributed by atoms with Crippen LogP contribution in [0.1, 0.15) is 24.2 Å². The van der Waals surface area contributed by atoms with Crippen molar-refractivity contribution in [3.05, 3.63) is 16.5 Å². The van der Waals surface area contributed by atoms with E-state index in [1.165, 1.54) is 0 Å². The molecule has 2 aromatic heterocycles. The van der Waals surface area contributed by atoms with Gasteiger partial charge in [-0.05, 0) is 26.7 Å². The molecule has 1 fully saturated rings. The molecular weight excluding hydrogens is 278 g/mol. The van der Waals surface area contributed by atoms with Gasteiger partial charge in [-0.25, -0.2) is 9.97 Å². The molecular formula is C13H16ClN5O. The Morgan fingerprint density at radius 1 is 1.20 bits per heavy atom.